The van der Waals surface area contributed by atoms with Crippen LogP contribution in [0, 0.1) is 0 Å². The number of hydrogen-bond acceptors (Lipinski definition) is 8. The highest BCUT2D eigenvalue weighted by Gasteiger charge is 2.33. The van der Waals surface area contributed by atoms with Gasteiger partial charge < -0.3 is 18.7 Å². The van der Waals surface area contributed by atoms with Gasteiger partial charge in [-0.2, -0.15) is 4.98 Å². The summed E-state index contributed by atoms with van der Waals surface area (Å²) in [7, 11) is 1.65. The van der Waals surface area contributed by atoms with Crippen LogP contribution in [0.5, 0.6) is 5.75 Å². The van der Waals surface area contributed by atoms with Gasteiger partial charge in [0.1, 0.15) is 11.9 Å². The lowest BCUT2D eigenvalue weighted by molar-refractivity contribution is -0.0774. The van der Waals surface area contributed by atoms with Gasteiger partial charge in [-0.15, -0.1) is 0 Å². The Balaban J connectivity index is 1.59. The van der Waals surface area contributed by atoms with Gasteiger partial charge in [-0.05, 0) is 24.3 Å². The average Bonchev–Trinajstić information content (AvgIpc) is 3.19. The lowest BCUT2D eigenvalue weighted by Gasteiger charge is -2.40. The molecule has 2 aliphatic heterocycles. The lowest BCUT2D eigenvalue weighted by atomic mass is 10.2. The Kier molecular flexibility index (Phi) is 5.45. The molecule has 0 N–H and O–H groups in total. The van der Waals surface area contributed by atoms with Crippen molar-refractivity contribution in [1.82, 2.24) is 19.9 Å². The molecule has 0 saturated carbocycles. The fourth-order valence-electron chi connectivity index (χ4n) is 3.38. The molecule has 2 aromatic rings. The van der Waals surface area contributed by atoms with Gasteiger partial charge in [0.2, 0.25) is 5.82 Å². The fraction of sp³-hybridized carbons (Fsp3) is 0.556. The molecular formula is C18H24N4O4. The quantitative estimate of drug-likeness (QED) is 0.792. The summed E-state index contributed by atoms with van der Waals surface area (Å²) < 4.78 is 21.9. The summed E-state index contributed by atoms with van der Waals surface area (Å²) in [4.78, 5) is 9.40. The van der Waals surface area contributed by atoms with Crippen LogP contribution in [0.15, 0.2) is 28.8 Å². The zero-order valence-electron chi connectivity index (χ0n) is 15.0. The molecule has 4 rings (SSSR count). The van der Waals surface area contributed by atoms with E-state index < -0.39 is 0 Å². The molecule has 2 saturated heterocycles. The summed E-state index contributed by atoms with van der Waals surface area (Å²) in [6, 6.07) is 7.66. The van der Waals surface area contributed by atoms with Crippen LogP contribution in [0.4, 0.5) is 0 Å². The van der Waals surface area contributed by atoms with Crippen molar-refractivity contribution in [3.63, 3.8) is 0 Å². The predicted molar refractivity (Wildman–Crippen MR) is 93.8 cm³/mol. The van der Waals surface area contributed by atoms with Crippen LogP contribution >= 0.6 is 0 Å². The highest BCUT2D eigenvalue weighted by Crippen LogP contribution is 2.28. The van der Waals surface area contributed by atoms with E-state index in [9.17, 15) is 0 Å². The molecule has 1 aromatic heterocycles. The summed E-state index contributed by atoms with van der Waals surface area (Å²) in [5.74, 6) is 2.02. The molecule has 26 heavy (non-hydrogen) atoms. The maximum Gasteiger partial charge on any atom is 0.259 e. The van der Waals surface area contributed by atoms with Crippen LogP contribution in [0.3, 0.4) is 0 Å². The molecule has 0 amide bonds. The van der Waals surface area contributed by atoms with E-state index in [2.05, 4.69) is 15.0 Å². The smallest absolute Gasteiger partial charge is 0.259 e. The number of hydrogen-bond donors (Lipinski definition) is 0. The van der Waals surface area contributed by atoms with E-state index in [0.29, 0.717) is 11.7 Å². The lowest BCUT2D eigenvalue weighted by Crippen LogP contribution is -2.50. The van der Waals surface area contributed by atoms with E-state index in [4.69, 9.17) is 23.7 Å². The predicted octanol–water partition coefficient (Wildman–Crippen LogP) is 1.41. The third kappa shape index (κ3) is 3.73. The normalized spacial score (nSPS) is 19.8. The number of benzene rings is 1. The van der Waals surface area contributed by atoms with Gasteiger partial charge >= 0.3 is 0 Å². The molecule has 140 valence electrons. The van der Waals surface area contributed by atoms with Crippen LogP contribution in [0.25, 0.3) is 11.4 Å². The topological polar surface area (TPSA) is 73.1 Å². The molecule has 2 aliphatic rings. The second-order valence-electron chi connectivity index (χ2n) is 6.36. The number of nitrogens with zero attached hydrogens (tertiary/aromatic N) is 4. The molecule has 8 heteroatoms. The molecule has 2 fully saturated rings. The Labute approximate surface area is 152 Å². The van der Waals surface area contributed by atoms with Crippen molar-refractivity contribution in [3.8, 4) is 17.1 Å². The maximum absolute atomic E-state index is 5.69. The Hall–Kier alpha value is -2.00. The number of morpholine rings is 2. The highest BCUT2D eigenvalue weighted by molar-refractivity contribution is 5.55. The van der Waals surface area contributed by atoms with Crippen LogP contribution in [-0.4, -0.2) is 79.7 Å². The Morgan fingerprint density at radius 3 is 2.04 bits per heavy atom. The third-order valence-electron chi connectivity index (χ3n) is 4.79. The second-order valence-corrected chi connectivity index (χ2v) is 6.36. The molecule has 0 bridgehead atoms. The zero-order chi connectivity index (χ0) is 17.8. The molecular weight excluding hydrogens is 336 g/mol. The SMILES string of the molecule is COc1ccc(-c2noc(C(N3CCOCC3)N3CCOCC3)n2)cc1. The molecule has 0 aliphatic carbocycles. The van der Waals surface area contributed by atoms with Gasteiger partial charge in [0.15, 0.2) is 0 Å². The molecule has 8 nitrogen and oxygen atoms in total. The van der Waals surface area contributed by atoms with E-state index in [1.807, 2.05) is 24.3 Å². The first-order chi connectivity index (χ1) is 12.8. The van der Waals surface area contributed by atoms with E-state index in [1.165, 1.54) is 0 Å². The molecule has 0 spiro atoms. The molecule has 0 radical (unpaired) electrons. The first kappa shape index (κ1) is 17.4. The van der Waals surface area contributed by atoms with E-state index in [0.717, 1.165) is 63.9 Å². The van der Waals surface area contributed by atoms with Crippen molar-refractivity contribution in [2.24, 2.45) is 0 Å². The van der Waals surface area contributed by atoms with Gasteiger partial charge in [-0.25, -0.2) is 0 Å². The Morgan fingerprint density at radius 1 is 0.923 bits per heavy atom. The molecule has 1 aromatic carbocycles. The number of rotatable bonds is 5. The van der Waals surface area contributed by atoms with Crippen molar-refractivity contribution in [2.45, 2.75) is 6.17 Å². The van der Waals surface area contributed by atoms with Crippen molar-refractivity contribution < 1.29 is 18.7 Å². The number of methoxy groups -OCH3 is 1. The first-order valence-electron chi connectivity index (χ1n) is 8.97. The Bertz CT molecular complexity index is 675. The molecule has 0 atom stereocenters. The zero-order valence-corrected chi connectivity index (χ0v) is 15.0. The molecule has 3 heterocycles. The van der Waals surface area contributed by atoms with Gasteiger partial charge in [0.25, 0.3) is 5.89 Å². The number of aromatic nitrogens is 2. The van der Waals surface area contributed by atoms with Crippen LogP contribution in [0.1, 0.15) is 12.1 Å². The van der Waals surface area contributed by atoms with Crippen molar-refractivity contribution in [1.29, 1.82) is 0 Å². The largest absolute Gasteiger partial charge is 0.497 e. The fourth-order valence-corrected chi connectivity index (χ4v) is 3.38. The van der Waals surface area contributed by atoms with Gasteiger partial charge in [-0.3, -0.25) is 9.80 Å². The summed E-state index contributed by atoms with van der Waals surface area (Å²) >= 11 is 0. The number of ether oxygens (including phenoxy) is 3. The van der Waals surface area contributed by atoms with Crippen molar-refractivity contribution >= 4 is 0 Å². The monoisotopic (exact) mass is 360 g/mol. The molecule has 0 unspecified atom stereocenters. The Morgan fingerprint density at radius 2 is 1.50 bits per heavy atom. The minimum Gasteiger partial charge on any atom is -0.497 e. The highest BCUT2D eigenvalue weighted by atomic mass is 16.5. The van der Waals surface area contributed by atoms with Crippen molar-refractivity contribution in [2.75, 3.05) is 59.7 Å². The second kappa shape index (κ2) is 8.13. The average molecular weight is 360 g/mol. The minimum atomic E-state index is -0.0395. The summed E-state index contributed by atoms with van der Waals surface area (Å²) in [5.41, 5.74) is 0.906. The van der Waals surface area contributed by atoms with Crippen LogP contribution in [-0.2, 0) is 9.47 Å². The van der Waals surface area contributed by atoms with Gasteiger partial charge in [0.05, 0.1) is 33.5 Å². The maximum atomic E-state index is 5.69. The van der Waals surface area contributed by atoms with E-state index >= 15 is 0 Å². The third-order valence-corrected chi connectivity index (χ3v) is 4.79. The van der Waals surface area contributed by atoms with E-state index in [-0.39, 0.29) is 6.17 Å². The summed E-state index contributed by atoms with van der Waals surface area (Å²) in [6.45, 7) is 6.29. The first-order valence-corrected chi connectivity index (χ1v) is 8.97. The van der Waals surface area contributed by atoms with Crippen LogP contribution in [0.2, 0.25) is 0 Å². The standard InChI is InChI=1S/C18H24N4O4/c1-23-15-4-2-14(3-5-15)16-19-17(26-20-16)18(21-6-10-24-11-7-21)22-8-12-25-13-9-22/h2-5,18H,6-13H2,1H3. The minimum absolute atomic E-state index is 0.0395. The van der Waals surface area contributed by atoms with E-state index in [1.54, 1.807) is 7.11 Å². The summed E-state index contributed by atoms with van der Waals surface area (Å²) in [5, 5.41) is 4.21. The van der Waals surface area contributed by atoms with Gasteiger partial charge in [0, 0.05) is 31.7 Å². The van der Waals surface area contributed by atoms with Gasteiger partial charge in [-0.1, -0.05) is 5.16 Å². The summed E-state index contributed by atoms with van der Waals surface area (Å²) in [6.07, 6.45) is -0.0395. The van der Waals surface area contributed by atoms with Crippen LogP contribution < -0.4 is 4.74 Å². The van der Waals surface area contributed by atoms with Crippen molar-refractivity contribution in [3.05, 3.63) is 30.2 Å².